The molecule has 41 heavy (non-hydrogen) atoms. The van der Waals surface area contributed by atoms with Gasteiger partial charge >= 0.3 is 6.09 Å². The molecule has 1 atom stereocenters. The van der Waals surface area contributed by atoms with Gasteiger partial charge in [-0.15, -0.1) is 10.2 Å². The number of nitrogens with zero attached hydrogens (tertiary/aromatic N) is 4. The average molecular weight is 581 g/mol. The fourth-order valence-electron chi connectivity index (χ4n) is 4.11. The molecule has 0 spiro atoms. The van der Waals surface area contributed by atoms with E-state index in [9.17, 15) is 13.6 Å². The molecule has 3 N–H and O–H groups in total. The highest BCUT2D eigenvalue weighted by Crippen LogP contribution is 2.34. The molecule has 0 saturated heterocycles. The van der Waals surface area contributed by atoms with Crippen LogP contribution in [0.15, 0.2) is 42.5 Å². The summed E-state index contributed by atoms with van der Waals surface area (Å²) in [6.45, 7) is 11.1. The Kier molecular flexibility index (Phi) is 8.22. The number of hydrogen-bond acceptors (Lipinski definition) is 6. The molecule has 1 amide bonds. The van der Waals surface area contributed by atoms with Crippen molar-refractivity contribution in [1.82, 2.24) is 24.9 Å². The maximum Gasteiger partial charge on any atom is 0.408 e. The molecule has 0 aliphatic carbocycles. The predicted octanol–water partition coefficient (Wildman–Crippen LogP) is 6.51. The zero-order chi connectivity index (χ0) is 30.1. The molecule has 1 unspecified atom stereocenters. The first kappa shape index (κ1) is 29.7. The molecule has 1 aromatic carbocycles. The number of carbonyl (C=O) groups is 1. The number of halogens is 3. The second-order valence-electron chi connectivity index (χ2n) is 11.6. The van der Waals surface area contributed by atoms with Gasteiger partial charge in [0.2, 0.25) is 5.95 Å². The molecule has 0 fully saturated rings. The standard InChI is InChI=1S/C30H31ClF2N6O2/c1-29(2,3)12-11-20-7-8-21(22-9-10-24(31)39-26(22)37-38-27(39)34)25(35-20)23(36-28(40)41-30(4,5)6)15-17-13-18(32)16-19(33)14-17/h7-10,13-14,16,23H,15H2,1-6H3,(H2,34,38)(H,36,40). The van der Waals surface area contributed by atoms with Crippen LogP contribution in [0.5, 0.6) is 0 Å². The number of alkyl carbamates (subject to hydrolysis) is 1. The fourth-order valence-corrected chi connectivity index (χ4v) is 4.34. The van der Waals surface area contributed by atoms with E-state index in [0.29, 0.717) is 38.9 Å². The van der Waals surface area contributed by atoms with Gasteiger partial charge < -0.3 is 15.8 Å². The SMILES string of the molecule is CC(C)(C)C#Cc1ccc(-c2ccc(Cl)n3c(N)nnc23)c(C(Cc2cc(F)cc(F)c2)NC(=O)OC(C)(C)C)n1. The Morgan fingerprint density at radius 2 is 1.71 bits per heavy atom. The van der Waals surface area contributed by atoms with Crippen molar-refractivity contribution in [1.29, 1.82) is 0 Å². The summed E-state index contributed by atoms with van der Waals surface area (Å²) in [7, 11) is 0. The first-order valence-electron chi connectivity index (χ1n) is 12.9. The summed E-state index contributed by atoms with van der Waals surface area (Å²) >= 11 is 6.37. The molecule has 0 saturated carbocycles. The van der Waals surface area contributed by atoms with E-state index in [1.165, 1.54) is 16.5 Å². The van der Waals surface area contributed by atoms with Crippen LogP contribution in [-0.2, 0) is 11.2 Å². The molecule has 4 aromatic rings. The number of anilines is 1. The summed E-state index contributed by atoms with van der Waals surface area (Å²) in [5.41, 5.74) is 7.50. The van der Waals surface area contributed by atoms with Crippen molar-refractivity contribution in [2.24, 2.45) is 5.41 Å². The lowest BCUT2D eigenvalue weighted by atomic mass is 9.95. The van der Waals surface area contributed by atoms with Gasteiger partial charge in [0.15, 0.2) is 5.65 Å². The van der Waals surface area contributed by atoms with Crippen LogP contribution >= 0.6 is 11.6 Å². The summed E-state index contributed by atoms with van der Waals surface area (Å²) in [6.07, 6.45) is -0.741. The van der Waals surface area contributed by atoms with E-state index >= 15 is 0 Å². The van der Waals surface area contributed by atoms with Crippen LogP contribution in [0.25, 0.3) is 16.8 Å². The third-order valence-corrected chi connectivity index (χ3v) is 5.99. The molecule has 0 bridgehead atoms. The van der Waals surface area contributed by atoms with Crippen molar-refractivity contribution >= 4 is 29.3 Å². The monoisotopic (exact) mass is 580 g/mol. The van der Waals surface area contributed by atoms with Gasteiger partial charge in [0.05, 0.1) is 11.7 Å². The quantitative estimate of drug-likeness (QED) is 0.206. The predicted molar refractivity (Wildman–Crippen MR) is 154 cm³/mol. The molecular weight excluding hydrogens is 550 g/mol. The number of fused-ring (bicyclic) bond motifs is 1. The molecule has 0 aliphatic rings. The van der Waals surface area contributed by atoms with Gasteiger partial charge in [-0.3, -0.25) is 4.40 Å². The molecular formula is C30H31ClF2N6O2. The molecule has 11 heteroatoms. The molecule has 214 valence electrons. The first-order chi connectivity index (χ1) is 19.1. The van der Waals surface area contributed by atoms with Crippen molar-refractivity contribution < 1.29 is 18.3 Å². The first-order valence-corrected chi connectivity index (χ1v) is 13.3. The second-order valence-corrected chi connectivity index (χ2v) is 12.0. The average Bonchev–Trinajstić information content (AvgIpc) is 3.23. The molecule has 8 nitrogen and oxygen atoms in total. The van der Waals surface area contributed by atoms with Crippen LogP contribution in [0.4, 0.5) is 19.5 Å². The lowest BCUT2D eigenvalue weighted by molar-refractivity contribution is 0.0502. The largest absolute Gasteiger partial charge is 0.444 e. The van der Waals surface area contributed by atoms with Gasteiger partial charge in [-0.2, -0.15) is 0 Å². The summed E-state index contributed by atoms with van der Waals surface area (Å²) in [5, 5.41) is 11.3. The maximum atomic E-state index is 14.2. The molecule has 3 aromatic heterocycles. The van der Waals surface area contributed by atoms with E-state index in [1.54, 1.807) is 45.0 Å². The maximum absolute atomic E-state index is 14.2. The number of rotatable bonds is 5. The summed E-state index contributed by atoms with van der Waals surface area (Å²) in [4.78, 5) is 17.8. The van der Waals surface area contributed by atoms with Gasteiger partial charge in [-0.1, -0.05) is 17.5 Å². The van der Waals surface area contributed by atoms with Crippen molar-refractivity contribution in [3.63, 3.8) is 0 Å². The van der Waals surface area contributed by atoms with E-state index in [1.807, 2.05) is 20.8 Å². The summed E-state index contributed by atoms with van der Waals surface area (Å²) in [6, 6.07) is 9.21. The van der Waals surface area contributed by atoms with Crippen LogP contribution in [0.3, 0.4) is 0 Å². The Hall–Kier alpha value is -4.23. The third kappa shape index (κ3) is 7.50. The highest BCUT2D eigenvalue weighted by molar-refractivity contribution is 6.30. The third-order valence-electron chi connectivity index (χ3n) is 5.69. The number of nitrogens with two attached hydrogens (primary N) is 1. The highest BCUT2D eigenvalue weighted by Gasteiger charge is 2.26. The van der Waals surface area contributed by atoms with Crippen LogP contribution < -0.4 is 11.1 Å². The topological polar surface area (TPSA) is 107 Å². The number of amides is 1. The molecule has 0 radical (unpaired) electrons. The normalized spacial score (nSPS) is 12.5. The van der Waals surface area contributed by atoms with Crippen molar-refractivity contribution in [2.75, 3.05) is 5.73 Å². The molecule has 0 aliphatic heterocycles. The Bertz CT molecular complexity index is 1660. The van der Waals surface area contributed by atoms with Crippen molar-refractivity contribution in [3.8, 4) is 23.0 Å². The van der Waals surface area contributed by atoms with Crippen molar-refractivity contribution in [2.45, 2.75) is 59.6 Å². The lowest BCUT2D eigenvalue weighted by Gasteiger charge is -2.25. The molecule has 3 heterocycles. The van der Waals surface area contributed by atoms with E-state index in [0.717, 1.165) is 6.07 Å². The van der Waals surface area contributed by atoms with Crippen molar-refractivity contribution in [3.05, 3.63) is 76.2 Å². The van der Waals surface area contributed by atoms with E-state index in [2.05, 4.69) is 27.4 Å². The van der Waals surface area contributed by atoms with Gasteiger partial charge in [-0.25, -0.2) is 18.6 Å². The van der Waals surface area contributed by atoms with E-state index in [4.69, 9.17) is 27.1 Å². The number of benzene rings is 1. The Labute approximate surface area is 242 Å². The van der Waals surface area contributed by atoms with Crippen LogP contribution in [-0.4, -0.2) is 31.3 Å². The zero-order valence-corrected chi connectivity index (χ0v) is 24.4. The summed E-state index contributed by atoms with van der Waals surface area (Å²) in [5.74, 6) is 4.84. The highest BCUT2D eigenvalue weighted by atomic mass is 35.5. The number of aromatic nitrogens is 4. The molecule has 4 rings (SSSR count). The van der Waals surface area contributed by atoms with Gasteiger partial charge in [0, 0.05) is 22.6 Å². The smallest absolute Gasteiger partial charge is 0.408 e. The Balaban J connectivity index is 1.94. The lowest BCUT2D eigenvalue weighted by Crippen LogP contribution is -2.36. The summed E-state index contributed by atoms with van der Waals surface area (Å²) < 4.78 is 35.3. The minimum atomic E-state index is -0.895. The minimum Gasteiger partial charge on any atom is -0.444 e. The number of ether oxygens (including phenoxy) is 1. The number of carbonyl (C=O) groups excluding carboxylic acids is 1. The minimum absolute atomic E-state index is 0.0111. The number of pyridine rings is 2. The number of hydrogen-bond donors (Lipinski definition) is 2. The number of nitrogens with one attached hydrogen (secondary N) is 1. The Morgan fingerprint density at radius 3 is 2.34 bits per heavy atom. The van der Waals surface area contributed by atoms with Crippen LogP contribution in [0, 0.1) is 28.9 Å². The van der Waals surface area contributed by atoms with Gasteiger partial charge in [0.1, 0.15) is 28.1 Å². The van der Waals surface area contributed by atoms with Gasteiger partial charge in [0.25, 0.3) is 0 Å². The second kappa shape index (κ2) is 11.3. The van der Waals surface area contributed by atoms with E-state index < -0.39 is 29.4 Å². The Morgan fingerprint density at radius 1 is 1.05 bits per heavy atom. The number of nitrogen functional groups attached to an aromatic ring is 1. The van der Waals surface area contributed by atoms with Crippen LogP contribution in [0.2, 0.25) is 5.15 Å². The van der Waals surface area contributed by atoms with E-state index in [-0.39, 0.29) is 17.8 Å². The van der Waals surface area contributed by atoms with Gasteiger partial charge in [-0.05, 0) is 95.8 Å². The zero-order valence-electron chi connectivity index (χ0n) is 23.6. The fraction of sp³-hybridized carbons (Fsp3) is 0.333. The van der Waals surface area contributed by atoms with Crippen LogP contribution in [0.1, 0.15) is 64.5 Å².